The Bertz CT molecular complexity index is 435. The molecular weight excluding hydrogens is 257 g/mol. The fourth-order valence-electron chi connectivity index (χ4n) is 1.08. The van der Waals surface area contributed by atoms with Crippen LogP contribution in [0.2, 0.25) is 5.02 Å². The van der Waals surface area contributed by atoms with Crippen molar-refractivity contribution in [3.63, 3.8) is 0 Å². The summed E-state index contributed by atoms with van der Waals surface area (Å²) in [6, 6.07) is 5.90. The Balaban J connectivity index is 3.04. The van der Waals surface area contributed by atoms with Gasteiger partial charge in [-0.1, -0.05) is 11.6 Å². The van der Waals surface area contributed by atoms with E-state index in [9.17, 15) is 18.0 Å². The maximum atomic E-state index is 12.1. The molecule has 0 fully saturated rings. The Kier molecular flexibility index (Phi) is 4.17. The molecule has 0 saturated heterocycles. The van der Waals surface area contributed by atoms with Crippen molar-refractivity contribution < 1.29 is 22.7 Å². The molecule has 0 aliphatic carbocycles. The molecule has 0 N–H and O–H groups in total. The summed E-state index contributed by atoms with van der Waals surface area (Å²) in [5.74, 6) is -2.13. The number of halogens is 4. The second-order valence-electron chi connectivity index (χ2n) is 3.08. The molecule has 1 aromatic rings. The predicted octanol–water partition coefficient (Wildman–Crippen LogP) is 3.46. The first-order valence-electron chi connectivity index (χ1n) is 4.47. The summed E-state index contributed by atoms with van der Waals surface area (Å²) in [5.41, 5.74) is 0.342. The fourth-order valence-corrected chi connectivity index (χ4v) is 1.20. The van der Waals surface area contributed by atoms with Crippen LogP contribution in [0.25, 0.3) is 5.76 Å². The standard InChI is InChI=1S/C11H8ClF3O2/c1-17-9(6-10(16)11(13,14)15)7-2-4-8(12)5-3-7/h2-6H,1H3/b9-6+. The molecular formula is C11H8ClF3O2. The van der Waals surface area contributed by atoms with E-state index in [-0.39, 0.29) is 5.76 Å². The number of carbonyl (C=O) groups is 1. The van der Waals surface area contributed by atoms with Crippen LogP contribution in [0.15, 0.2) is 30.3 Å². The van der Waals surface area contributed by atoms with Gasteiger partial charge in [-0.3, -0.25) is 4.79 Å². The molecule has 0 heterocycles. The van der Waals surface area contributed by atoms with Gasteiger partial charge in [-0.05, 0) is 24.3 Å². The van der Waals surface area contributed by atoms with Crippen molar-refractivity contribution in [1.29, 1.82) is 0 Å². The summed E-state index contributed by atoms with van der Waals surface area (Å²) in [4.78, 5) is 10.8. The molecule has 0 aliphatic heterocycles. The van der Waals surface area contributed by atoms with E-state index in [0.29, 0.717) is 16.7 Å². The van der Waals surface area contributed by atoms with Gasteiger partial charge in [0, 0.05) is 16.7 Å². The first kappa shape index (κ1) is 13.6. The largest absolute Gasteiger partial charge is 0.496 e. The Morgan fingerprint density at radius 1 is 1.29 bits per heavy atom. The SMILES string of the molecule is CO/C(=C/C(=O)C(F)(F)F)c1ccc(Cl)cc1. The van der Waals surface area contributed by atoms with E-state index in [1.807, 2.05) is 0 Å². The lowest BCUT2D eigenvalue weighted by Crippen LogP contribution is -2.20. The smallest absolute Gasteiger partial charge is 0.454 e. The third-order valence-electron chi connectivity index (χ3n) is 1.89. The van der Waals surface area contributed by atoms with Crippen LogP contribution in [0.1, 0.15) is 5.56 Å². The maximum absolute atomic E-state index is 12.1. The quantitative estimate of drug-likeness (QED) is 0.617. The lowest BCUT2D eigenvalue weighted by molar-refractivity contribution is -0.165. The van der Waals surface area contributed by atoms with Crippen LogP contribution in [0.3, 0.4) is 0 Å². The van der Waals surface area contributed by atoms with Gasteiger partial charge in [-0.2, -0.15) is 13.2 Å². The van der Waals surface area contributed by atoms with Crippen LogP contribution in [-0.2, 0) is 9.53 Å². The monoisotopic (exact) mass is 264 g/mol. The molecule has 17 heavy (non-hydrogen) atoms. The highest BCUT2D eigenvalue weighted by molar-refractivity contribution is 6.30. The van der Waals surface area contributed by atoms with Crippen LogP contribution in [0.4, 0.5) is 13.2 Å². The molecule has 1 aromatic carbocycles. The summed E-state index contributed by atoms with van der Waals surface area (Å²) in [6.07, 6.45) is -4.50. The van der Waals surface area contributed by atoms with E-state index >= 15 is 0 Å². The van der Waals surface area contributed by atoms with Crippen molar-refractivity contribution in [2.45, 2.75) is 6.18 Å². The van der Waals surface area contributed by atoms with E-state index in [0.717, 1.165) is 0 Å². The number of ketones is 1. The zero-order valence-corrected chi connectivity index (χ0v) is 9.47. The summed E-state index contributed by atoms with van der Waals surface area (Å²) in [6.45, 7) is 0. The number of ether oxygens (including phenoxy) is 1. The Morgan fingerprint density at radius 2 is 1.82 bits per heavy atom. The van der Waals surface area contributed by atoms with Crippen LogP contribution in [-0.4, -0.2) is 19.1 Å². The number of hydrogen-bond donors (Lipinski definition) is 0. The van der Waals surface area contributed by atoms with Crippen molar-refractivity contribution in [3.8, 4) is 0 Å². The fraction of sp³-hybridized carbons (Fsp3) is 0.182. The van der Waals surface area contributed by atoms with Gasteiger partial charge in [0.2, 0.25) is 0 Å². The predicted molar refractivity (Wildman–Crippen MR) is 57.5 cm³/mol. The molecule has 0 aromatic heterocycles. The van der Waals surface area contributed by atoms with Crippen LogP contribution >= 0.6 is 11.6 Å². The molecule has 0 radical (unpaired) electrons. The molecule has 0 atom stereocenters. The number of alkyl halides is 3. The number of hydrogen-bond acceptors (Lipinski definition) is 2. The Labute approximate surface area is 101 Å². The van der Waals surface area contributed by atoms with Crippen LogP contribution < -0.4 is 0 Å². The van der Waals surface area contributed by atoms with Crippen LogP contribution in [0, 0.1) is 0 Å². The van der Waals surface area contributed by atoms with Crippen molar-refractivity contribution in [2.75, 3.05) is 7.11 Å². The first-order valence-corrected chi connectivity index (χ1v) is 4.85. The van der Waals surface area contributed by atoms with E-state index in [4.69, 9.17) is 16.3 Å². The van der Waals surface area contributed by atoms with Crippen LogP contribution in [0.5, 0.6) is 0 Å². The highest BCUT2D eigenvalue weighted by atomic mass is 35.5. The number of methoxy groups -OCH3 is 1. The zero-order valence-electron chi connectivity index (χ0n) is 8.72. The van der Waals surface area contributed by atoms with E-state index in [2.05, 4.69) is 0 Å². The lowest BCUT2D eigenvalue weighted by atomic mass is 10.1. The minimum Gasteiger partial charge on any atom is -0.496 e. The zero-order chi connectivity index (χ0) is 13.1. The number of benzene rings is 1. The van der Waals surface area contributed by atoms with Gasteiger partial charge in [0.25, 0.3) is 5.78 Å². The molecule has 0 amide bonds. The number of rotatable bonds is 3. The second kappa shape index (κ2) is 5.23. The maximum Gasteiger partial charge on any atom is 0.454 e. The van der Waals surface area contributed by atoms with E-state index in [1.54, 1.807) is 0 Å². The minimum absolute atomic E-state index is 0.163. The molecule has 1 rings (SSSR count). The molecule has 0 unspecified atom stereocenters. The molecule has 0 spiro atoms. The molecule has 0 saturated carbocycles. The Hall–Kier alpha value is -1.49. The molecule has 92 valence electrons. The second-order valence-corrected chi connectivity index (χ2v) is 3.52. The average Bonchev–Trinajstić information content (AvgIpc) is 2.25. The van der Waals surface area contributed by atoms with Gasteiger partial charge in [-0.15, -0.1) is 0 Å². The van der Waals surface area contributed by atoms with Crippen molar-refractivity contribution in [2.24, 2.45) is 0 Å². The van der Waals surface area contributed by atoms with E-state index in [1.165, 1.54) is 31.4 Å². The minimum atomic E-state index is -4.91. The van der Waals surface area contributed by atoms with Gasteiger partial charge in [0.15, 0.2) is 0 Å². The summed E-state index contributed by atoms with van der Waals surface area (Å²) in [7, 11) is 1.18. The average molecular weight is 265 g/mol. The van der Waals surface area contributed by atoms with Gasteiger partial charge >= 0.3 is 6.18 Å². The lowest BCUT2D eigenvalue weighted by Gasteiger charge is -2.07. The number of allylic oxidation sites excluding steroid dienone is 1. The molecule has 0 bridgehead atoms. The van der Waals surface area contributed by atoms with Crippen molar-refractivity contribution >= 4 is 23.1 Å². The van der Waals surface area contributed by atoms with Gasteiger partial charge in [0.1, 0.15) is 5.76 Å². The molecule has 2 nitrogen and oxygen atoms in total. The topological polar surface area (TPSA) is 26.3 Å². The third-order valence-corrected chi connectivity index (χ3v) is 2.14. The molecule has 6 heteroatoms. The summed E-state index contributed by atoms with van der Waals surface area (Å²) < 4.78 is 40.9. The highest BCUT2D eigenvalue weighted by Crippen LogP contribution is 2.22. The Morgan fingerprint density at radius 3 is 2.24 bits per heavy atom. The normalized spacial score (nSPS) is 12.4. The van der Waals surface area contributed by atoms with Crippen molar-refractivity contribution in [1.82, 2.24) is 0 Å². The summed E-state index contributed by atoms with van der Waals surface area (Å²) >= 11 is 5.63. The molecule has 0 aliphatic rings. The highest BCUT2D eigenvalue weighted by Gasteiger charge is 2.37. The van der Waals surface area contributed by atoms with Crippen molar-refractivity contribution in [3.05, 3.63) is 40.9 Å². The summed E-state index contributed by atoms with van der Waals surface area (Å²) in [5, 5.41) is 0.436. The number of carbonyl (C=O) groups excluding carboxylic acids is 1. The van der Waals surface area contributed by atoms with E-state index < -0.39 is 12.0 Å². The third kappa shape index (κ3) is 3.78. The van der Waals surface area contributed by atoms with Gasteiger partial charge in [0.05, 0.1) is 7.11 Å². The van der Waals surface area contributed by atoms with Gasteiger partial charge < -0.3 is 4.74 Å². The first-order chi connectivity index (χ1) is 7.84. The van der Waals surface area contributed by atoms with Gasteiger partial charge in [-0.25, -0.2) is 0 Å².